The normalized spacial score (nSPS) is 26.7. The summed E-state index contributed by atoms with van der Waals surface area (Å²) in [6, 6.07) is 0. The maximum Gasteiger partial charge on any atom is 0.308 e. The second-order valence-corrected chi connectivity index (χ2v) is 5.48. The topological polar surface area (TPSA) is 76.1 Å². The summed E-state index contributed by atoms with van der Waals surface area (Å²) in [5.41, 5.74) is 0. The van der Waals surface area contributed by atoms with Crippen LogP contribution in [0.1, 0.15) is 32.1 Å². The molecule has 6 nitrogen and oxygen atoms in total. The molecule has 6 heteroatoms. The molecule has 2 rings (SSSR count). The van der Waals surface area contributed by atoms with Crippen molar-refractivity contribution in [1.29, 1.82) is 0 Å². The molecular weight excluding hydrogens is 262 g/mol. The van der Waals surface area contributed by atoms with Gasteiger partial charge in [0.15, 0.2) is 0 Å². The highest BCUT2D eigenvalue weighted by Crippen LogP contribution is 2.17. The number of carboxylic acid groups (broad SMARTS) is 1. The summed E-state index contributed by atoms with van der Waals surface area (Å²) in [5, 5.41) is 9.00. The lowest BCUT2D eigenvalue weighted by Gasteiger charge is -2.30. The molecule has 1 N–H and O–H groups in total. The third-order valence-electron chi connectivity index (χ3n) is 3.91. The van der Waals surface area contributed by atoms with E-state index in [-0.39, 0.29) is 12.0 Å². The number of piperidine rings is 1. The first kappa shape index (κ1) is 15.3. The van der Waals surface area contributed by atoms with Crippen LogP contribution in [0.4, 0.5) is 0 Å². The lowest BCUT2D eigenvalue weighted by Crippen LogP contribution is -2.42. The van der Waals surface area contributed by atoms with Gasteiger partial charge in [-0.2, -0.15) is 0 Å². The molecule has 2 unspecified atom stereocenters. The standard InChI is InChI=1S/C14H23NO5/c16-13(5-8-19-10-12-4-2-7-20-12)15-6-1-3-11(9-15)14(17)18/h11-12H,1-10H2,(H,17,18). The van der Waals surface area contributed by atoms with E-state index in [1.54, 1.807) is 4.90 Å². The van der Waals surface area contributed by atoms with E-state index in [4.69, 9.17) is 14.6 Å². The fourth-order valence-corrected chi connectivity index (χ4v) is 2.71. The smallest absolute Gasteiger partial charge is 0.308 e. The zero-order valence-electron chi connectivity index (χ0n) is 11.8. The Morgan fingerprint density at radius 1 is 1.30 bits per heavy atom. The number of nitrogens with zero attached hydrogens (tertiary/aromatic N) is 1. The van der Waals surface area contributed by atoms with Crippen molar-refractivity contribution in [3.63, 3.8) is 0 Å². The number of carbonyl (C=O) groups excluding carboxylic acids is 1. The van der Waals surface area contributed by atoms with Crippen LogP contribution in [0.25, 0.3) is 0 Å². The van der Waals surface area contributed by atoms with Gasteiger partial charge in [-0.05, 0) is 25.7 Å². The van der Waals surface area contributed by atoms with E-state index in [2.05, 4.69) is 0 Å². The van der Waals surface area contributed by atoms with Gasteiger partial charge in [-0.1, -0.05) is 0 Å². The van der Waals surface area contributed by atoms with Crippen molar-refractivity contribution in [2.24, 2.45) is 5.92 Å². The van der Waals surface area contributed by atoms with Gasteiger partial charge in [0.2, 0.25) is 5.91 Å². The number of aliphatic carboxylic acids is 1. The van der Waals surface area contributed by atoms with Crippen LogP contribution in [0.2, 0.25) is 0 Å². The Kier molecular flexibility index (Phi) is 5.79. The molecule has 1 amide bonds. The molecule has 0 aromatic heterocycles. The van der Waals surface area contributed by atoms with Crippen LogP contribution in [0.15, 0.2) is 0 Å². The van der Waals surface area contributed by atoms with Crippen molar-refractivity contribution >= 4 is 11.9 Å². The van der Waals surface area contributed by atoms with Crippen molar-refractivity contribution in [3.8, 4) is 0 Å². The maximum absolute atomic E-state index is 12.0. The van der Waals surface area contributed by atoms with Gasteiger partial charge in [0.1, 0.15) is 0 Å². The molecule has 2 aliphatic heterocycles. The second kappa shape index (κ2) is 7.59. The molecule has 0 saturated carbocycles. The summed E-state index contributed by atoms with van der Waals surface area (Å²) < 4.78 is 10.9. The number of rotatable bonds is 6. The van der Waals surface area contributed by atoms with Crippen LogP contribution in [-0.4, -0.2) is 60.9 Å². The minimum atomic E-state index is -0.808. The average Bonchev–Trinajstić information content (AvgIpc) is 2.96. The fraction of sp³-hybridized carbons (Fsp3) is 0.857. The minimum absolute atomic E-state index is 0.0108. The van der Waals surface area contributed by atoms with E-state index in [1.807, 2.05) is 0 Å². The molecule has 0 bridgehead atoms. The Labute approximate surface area is 119 Å². The van der Waals surface area contributed by atoms with Crippen LogP contribution in [0.5, 0.6) is 0 Å². The SMILES string of the molecule is O=C(O)C1CCCN(C(=O)CCOCC2CCCO2)C1. The van der Waals surface area contributed by atoms with Crippen LogP contribution in [-0.2, 0) is 19.1 Å². The maximum atomic E-state index is 12.0. The molecule has 0 aromatic rings. The monoisotopic (exact) mass is 285 g/mol. The number of likely N-dealkylation sites (tertiary alicyclic amines) is 1. The largest absolute Gasteiger partial charge is 0.481 e. The summed E-state index contributed by atoms with van der Waals surface area (Å²) in [4.78, 5) is 24.6. The van der Waals surface area contributed by atoms with Gasteiger partial charge in [-0.15, -0.1) is 0 Å². The van der Waals surface area contributed by atoms with Gasteiger partial charge >= 0.3 is 5.97 Å². The molecule has 2 aliphatic rings. The summed E-state index contributed by atoms with van der Waals surface area (Å²) in [5.74, 6) is -1.24. The first-order valence-electron chi connectivity index (χ1n) is 7.36. The molecular formula is C14H23NO5. The summed E-state index contributed by atoms with van der Waals surface area (Å²) >= 11 is 0. The van der Waals surface area contributed by atoms with Crippen LogP contribution in [0.3, 0.4) is 0 Å². The van der Waals surface area contributed by atoms with Crippen molar-refractivity contribution in [2.75, 3.05) is 32.9 Å². The Morgan fingerprint density at radius 3 is 2.85 bits per heavy atom. The quantitative estimate of drug-likeness (QED) is 0.734. The van der Waals surface area contributed by atoms with Gasteiger partial charge < -0.3 is 19.5 Å². The molecule has 0 spiro atoms. The predicted octanol–water partition coefficient (Wildman–Crippen LogP) is 0.895. The highest BCUT2D eigenvalue weighted by atomic mass is 16.5. The van der Waals surface area contributed by atoms with E-state index >= 15 is 0 Å². The number of hydrogen-bond acceptors (Lipinski definition) is 4. The molecule has 114 valence electrons. The first-order chi connectivity index (χ1) is 9.66. The zero-order valence-corrected chi connectivity index (χ0v) is 11.8. The molecule has 2 heterocycles. The third kappa shape index (κ3) is 4.45. The summed E-state index contributed by atoms with van der Waals surface area (Å²) in [6.45, 7) is 2.73. The van der Waals surface area contributed by atoms with E-state index in [0.717, 1.165) is 25.9 Å². The van der Waals surface area contributed by atoms with Crippen LogP contribution < -0.4 is 0 Å². The van der Waals surface area contributed by atoms with Gasteiger partial charge in [-0.25, -0.2) is 0 Å². The van der Waals surface area contributed by atoms with E-state index in [9.17, 15) is 9.59 Å². The van der Waals surface area contributed by atoms with Crippen LogP contribution >= 0.6 is 0 Å². The van der Waals surface area contributed by atoms with Crippen molar-refractivity contribution < 1.29 is 24.2 Å². The highest BCUT2D eigenvalue weighted by molar-refractivity contribution is 5.78. The summed E-state index contributed by atoms with van der Waals surface area (Å²) in [6.07, 6.45) is 4.03. The van der Waals surface area contributed by atoms with Gasteiger partial charge in [0.05, 0.1) is 31.7 Å². The Balaban J connectivity index is 1.62. The minimum Gasteiger partial charge on any atom is -0.481 e. The Hall–Kier alpha value is -1.14. The third-order valence-corrected chi connectivity index (χ3v) is 3.91. The molecule has 0 aromatic carbocycles. The average molecular weight is 285 g/mol. The molecule has 0 radical (unpaired) electrons. The predicted molar refractivity (Wildman–Crippen MR) is 71.3 cm³/mol. The van der Waals surface area contributed by atoms with Gasteiger partial charge in [-0.3, -0.25) is 9.59 Å². The van der Waals surface area contributed by atoms with E-state index in [0.29, 0.717) is 39.1 Å². The van der Waals surface area contributed by atoms with Crippen molar-refractivity contribution in [3.05, 3.63) is 0 Å². The summed E-state index contributed by atoms with van der Waals surface area (Å²) in [7, 11) is 0. The molecule has 2 saturated heterocycles. The lowest BCUT2D eigenvalue weighted by molar-refractivity contribution is -0.146. The lowest BCUT2D eigenvalue weighted by atomic mass is 9.98. The van der Waals surface area contributed by atoms with Crippen molar-refractivity contribution in [2.45, 2.75) is 38.2 Å². The highest BCUT2D eigenvalue weighted by Gasteiger charge is 2.27. The van der Waals surface area contributed by atoms with E-state index in [1.165, 1.54) is 0 Å². The van der Waals surface area contributed by atoms with E-state index < -0.39 is 11.9 Å². The van der Waals surface area contributed by atoms with Crippen LogP contribution in [0, 0.1) is 5.92 Å². The number of hydrogen-bond donors (Lipinski definition) is 1. The van der Waals surface area contributed by atoms with Gasteiger partial charge in [0, 0.05) is 19.7 Å². The number of carbonyl (C=O) groups is 2. The Bertz CT molecular complexity index is 340. The number of carboxylic acids is 1. The molecule has 0 aliphatic carbocycles. The second-order valence-electron chi connectivity index (χ2n) is 5.48. The first-order valence-corrected chi connectivity index (χ1v) is 7.36. The molecule has 20 heavy (non-hydrogen) atoms. The molecule has 2 fully saturated rings. The van der Waals surface area contributed by atoms with Gasteiger partial charge in [0.25, 0.3) is 0 Å². The van der Waals surface area contributed by atoms with Crippen molar-refractivity contribution in [1.82, 2.24) is 4.90 Å². The molecule has 2 atom stereocenters. The number of ether oxygens (including phenoxy) is 2. The fourth-order valence-electron chi connectivity index (χ4n) is 2.71. The number of amides is 1. The Morgan fingerprint density at radius 2 is 2.15 bits per heavy atom. The zero-order chi connectivity index (χ0) is 14.4.